The fourth-order valence-corrected chi connectivity index (χ4v) is 5.24. The lowest BCUT2D eigenvalue weighted by Gasteiger charge is -2.34. The molecule has 0 radical (unpaired) electrons. The molecule has 0 unspecified atom stereocenters. The van der Waals surface area contributed by atoms with Crippen molar-refractivity contribution in [3.63, 3.8) is 0 Å². The van der Waals surface area contributed by atoms with Crippen LogP contribution in [0.25, 0.3) is 0 Å². The molecule has 2 heterocycles. The van der Waals surface area contributed by atoms with Gasteiger partial charge in [-0.2, -0.15) is 4.31 Å². The van der Waals surface area contributed by atoms with Crippen molar-refractivity contribution < 1.29 is 17.9 Å². The molecule has 1 N–H and O–H groups in total. The number of benzene rings is 1. The van der Waals surface area contributed by atoms with Crippen LogP contribution in [0.3, 0.4) is 0 Å². The van der Waals surface area contributed by atoms with Crippen molar-refractivity contribution in [2.45, 2.75) is 30.6 Å². The summed E-state index contributed by atoms with van der Waals surface area (Å²) < 4.78 is 32.1. The Morgan fingerprint density at radius 1 is 1.00 bits per heavy atom. The van der Waals surface area contributed by atoms with Gasteiger partial charge in [0.1, 0.15) is 5.75 Å². The molecule has 8 nitrogen and oxygen atoms in total. The van der Waals surface area contributed by atoms with Crippen LogP contribution < -0.4 is 10.1 Å². The summed E-state index contributed by atoms with van der Waals surface area (Å²) in [5, 5.41) is 2.97. The molecule has 0 atom stereocenters. The lowest BCUT2D eigenvalue weighted by molar-refractivity contribution is 0.171. The molecule has 1 aromatic rings. The number of ether oxygens (including phenoxy) is 1. The third-order valence-corrected chi connectivity index (χ3v) is 7.51. The van der Waals surface area contributed by atoms with E-state index in [4.69, 9.17) is 4.74 Å². The summed E-state index contributed by atoms with van der Waals surface area (Å²) >= 11 is 0. The van der Waals surface area contributed by atoms with E-state index in [1.807, 2.05) is 0 Å². The zero-order valence-electron chi connectivity index (χ0n) is 17.2. The van der Waals surface area contributed by atoms with Crippen LogP contribution in [0, 0.1) is 0 Å². The van der Waals surface area contributed by atoms with Crippen LogP contribution >= 0.6 is 0 Å². The van der Waals surface area contributed by atoms with Crippen LogP contribution in [0.2, 0.25) is 0 Å². The van der Waals surface area contributed by atoms with Crippen molar-refractivity contribution in [2.75, 3.05) is 59.5 Å². The molecule has 0 aromatic heterocycles. The number of piperazine rings is 1. The van der Waals surface area contributed by atoms with Gasteiger partial charge in [-0.05, 0) is 63.2 Å². The molecule has 2 fully saturated rings. The minimum atomic E-state index is -3.56. The molecule has 9 heteroatoms. The van der Waals surface area contributed by atoms with Gasteiger partial charge >= 0.3 is 6.03 Å². The van der Waals surface area contributed by atoms with Gasteiger partial charge in [0.25, 0.3) is 0 Å². The number of methoxy groups -OCH3 is 1. The number of nitrogens with zero attached hydrogens (tertiary/aromatic N) is 3. The van der Waals surface area contributed by atoms with Crippen LogP contribution in [0.5, 0.6) is 5.75 Å². The standard InChI is InChI=1S/C20H32N4O4S/c1-28-18-6-8-19(9-7-18)29(26,27)24-16-14-23(15-17-24)20(25)21-10-5-13-22-11-3-2-4-12-22/h6-9H,2-5,10-17H2,1H3,(H,21,25). The molecule has 2 aliphatic rings. The van der Waals surface area contributed by atoms with E-state index in [1.54, 1.807) is 36.3 Å². The second-order valence-electron chi connectivity index (χ2n) is 7.55. The first kappa shape index (κ1) is 21.9. The number of nitrogens with one attached hydrogen (secondary N) is 1. The van der Waals surface area contributed by atoms with Crippen molar-refractivity contribution in [1.82, 2.24) is 19.4 Å². The number of likely N-dealkylation sites (tertiary alicyclic amines) is 1. The van der Waals surface area contributed by atoms with E-state index >= 15 is 0 Å². The molecule has 0 aliphatic carbocycles. The molecular formula is C20H32N4O4S. The third-order valence-electron chi connectivity index (χ3n) is 5.60. The second kappa shape index (κ2) is 10.3. The van der Waals surface area contributed by atoms with Gasteiger partial charge < -0.3 is 19.9 Å². The van der Waals surface area contributed by atoms with Crippen molar-refractivity contribution in [3.8, 4) is 5.75 Å². The quantitative estimate of drug-likeness (QED) is 0.672. The molecule has 2 saturated heterocycles. The number of carbonyl (C=O) groups excluding carboxylic acids is 1. The predicted molar refractivity (Wildman–Crippen MR) is 112 cm³/mol. The first-order valence-electron chi connectivity index (χ1n) is 10.4. The molecule has 1 aromatic carbocycles. The zero-order valence-corrected chi connectivity index (χ0v) is 18.0. The summed E-state index contributed by atoms with van der Waals surface area (Å²) in [4.78, 5) is 16.8. The Bertz CT molecular complexity index is 755. The molecule has 0 spiro atoms. The van der Waals surface area contributed by atoms with Crippen molar-refractivity contribution in [3.05, 3.63) is 24.3 Å². The van der Waals surface area contributed by atoms with Gasteiger partial charge in [0.05, 0.1) is 12.0 Å². The minimum Gasteiger partial charge on any atom is -0.497 e. The Labute approximate surface area is 173 Å². The van der Waals surface area contributed by atoms with E-state index < -0.39 is 10.0 Å². The summed E-state index contributed by atoms with van der Waals surface area (Å²) in [6.45, 7) is 5.40. The largest absolute Gasteiger partial charge is 0.497 e. The van der Waals surface area contributed by atoms with Crippen molar-refractivity contribution in [2.24, 2.45) is 0 Å². The Kier molecular flexibility index (Phi) is 7.74. The number of amides is 2. The van der Waals surface area contributed by atoms with Crippen LogP contribution in [0.15, 0.2) is 29.2 Å². The van der Waals surface area contributed by atoms with Crippen molar-refractivity contribution >= 4 is 16.1 Å². The van der Waals surface area contributed by atoms with Gasteiger partial charge in [0.2, 0.25) is 10.0 Å². The molecule has 2 aliphatic heterocycles. The SMILES string of the molecule is COc1ccc(S(=O)(=O)N2CCN(C(=O)NCCCN3CCCCC3)CC2)cc1. The normalized spacial score (nSPS) is 19.1. The Hall–Kier alpha value is -1.84. The molecule has 0 saturated carbocycles. The lowest BCUT2D eigenvalue weighted by Crippen LogP contribution is -2.53. The summed E-state index contributed by atoms with van der Waals surface area (Å²) in [6, 6.07) is 6.27. The first-order valence-corrected chi connectivity index (χ1v) is 11.8. The highest BCUT2D eigenvalue weighted by Gasteiger charge is 2.30. The molecule has 3 rings (SSSR count). The van der Waals surface area contributed by atoms with E-state index in [2.05, 4.69) is 10.2 Å². The number of hydrogen-bond donors (Lipinski definition) is 1. The number of urea groups is 1. The molecule has 162 valence electrons. The third kappa shape index (κ3) is 5.83. The maximum Gasteiger partial charge on any atom is 0.317 e. The van der Waals surface area contributed by atoms with E-state index in [1.165, 1.54) is 36.7 Å². The van der Waals surface area contributed by atoms with E-state index in [-0.39, 0.29) is 10.9 Å². The molecule has 0 bridgehead atoms. The average molecular weight is 425 g/mol. The van der Waals surface area contributed by atoms with Crippen LogP contribution in [0.4, 0.5) is 4.79 Å². The fraction of sp³-hybridized carbons (Fsp3) is 0.650. The van der Waals surface area contributed by atoms with Gasteiger partial charge in [0, 0.05) is 32.7 Å². The summed E-state index contributed by atoms with van der Waals surface area (Å²) in [5.41, 5.74) is 0. The number of rotatable bonds is 7. The summed E-state index contributed by atoms with van der Waals surface area (Å²) in [6.07, 6.45) is 4.82. The number of carbonyl (C=O) groups is 1. The number of sulfonamides is 1. The predicted octanol–water partition coefficient (Wildman–Crippen LogP) is 1.59. The maximum absolute atomic E-state index is 12.8. The van der Waals surface area contributed by atoms with E-state index in [9.17, 15) is 13.2 Å². The highest BCUT2D eigenvalue weighted by atomic mass is 32.2. The highest BCUT2D eigenvalue weighted by molar-refractivity contribution is 7.89. The van der Waals surface area contributed by atoms with Gasteiger partial charge in [-0.3, -0.25) is 0 Å². The topological polar surface area (TPSA) is 82.2 Å². The van der Waals surface area contributed by atoms with Crippen LogP contribution in [-0.2, 0) is 10.0 Å². The van der Waals surface area contributed by atoms with E-state index in [0.29, 0.717) is 38.5 Å². The van der Waals surface area contributed by atoms with Gasteiger partial charge in [-0.15, -0.1) is 0 Å². The molecule has 2 amide bonds. The van der Waals surface area contributed by atoms with Crippen molar-refractivity contribution in [1.29, 1.82) is 0 Å². The second-order valence-corrected chi connectivity index (χ2v) is 9.49. The molecular weight excluding hydrogens is 392 g/mol. The Morgan fingerprint density at radius 3 is 2.28 bits per heavy atom. The van der Waals surface area contributed by atoms with Gasteiger partial charge in [0.15, 0.2) is 0 Å². The fourth-order valence-electron chi connectivity index (χ4n) is 3.82. The Balaban J connectivity index is 1.41. The molecule has 29 heavy (non-hydrogen) atoms. The number of piperidine rings is 1. The van der Waals surface area contributed by atoms with Gasteiger partial charge in [-0.1, -0.05) is 6.42 Å². The minimum absolute atomic E-state index is 0.106. The van der Waals surface area contributed by atoms with Crippen LogP contribution in [-0.4, -0.2) is 88.0 Å². The van der Waals surface area contributed by atoms with E-state index in [0.717, 1.165) is 13.0 Å². The van der Waals surface area contributed by atoms with Gasteiger partial charge in [-0.25, -0.2) is 13.2 Å². The summed E-state index contributed by atoms with van der Waals surface area (Å²) in [7, 11) is -2.01. The number of hydrogen-bond acceptors (Lipinski definition) is 5. The first-order chi connectivity index (χ1) is 14.0. The summed E-state index contributed by atoms with van der Waals surface area (Å²) in [5.74, 6) is 0.616. The maximum atomic E-state index is 12.8. The smallest absolute Gasteiger partial charge is 0.317 e. The lowest BCUT2D eigenvalue weighted by atomic mass is 10.1. The zero-order chi connectivity index (χ0) is 20.7. The average Bonchev–Trinajstić information content (AvgIpc) is 2.77. The van der Waals surface area contributed by atoms with Crippen LogP contribution in [0.1, 0.15) is 25.7 Å². The Morgan fingerprint density at radius 2 is 1.66 bits per heavy atom. The monoisotopic (exact) mass is 424 g/mol. The highest BCUT2D eigenvalue weighted by Crippen LogP contribution is 2.20.